The first kappa shape index (κ1) is 16.9. The Morgan fingerprint density at radius 2 is 2.04 bits per heavy atom. The number of fused-ring (bicyclic) bond motifs is 1. The number of aryl methyl sites for hydroxylation is 1. The first-order chi connectivity index (χ1) is 13.8. The maximum Gasteiger partial charge on any atom is 0.227 e. The molecule has 0 radical (unpaired) electrons. The Kier molecular flexibility index (Phi) is 4.23. The number of rotatable bonds is 4. The minimum Gasteiger partial charge on any atom is -0.356 e. The minimum absolute atomic E-state index is 0.526. The zero-order valence-corrected chi connectivity index (χ0v) is 15.7. The summed E-state index contributed by atoms with van der Waals surface area (Å²) in [5, 5.41) is 5.18. The summed E-state index contributed by atoms with van der Waals surface area (Å²) >= 11 is 0. The van der Waals surface area contributed by atoms with Crippen LogP contribution in [0.2, 0.25) is 0 Å². The number of aromatic nitrogens is 6. The van der Waals surface area contributed by atoms with Gasteiger partial charge in [-0.05, 0) is 43.9 Å². The molecule has 0 amide bonds. The van der Waals surface area contributed by atoms with Crippen LogP contribution in [-0.2, 0) is 6.42 Å². The van der Waals surface area contributed by atoms with Crippen molar-refractivity contribution in [1.82, 2.24) is 30.1 Å². The zero-order valence-electron chi connectivity index (χ0n) is 15.7. The lowest BCUT2D eigenvalue weighted by molar-refractivity contribution is 0.325. The molecule has 4 aromatic heterocycles. The fourth-order valence-electron chi connectivity index (χ4n) is 3.82. The van der Waals surface area contributed by atoms with E-state index in [1.165, 1.54) is 0 Å². The van der Waals surface area contributed by atoms with E-state index in [2.05, 4.69) is 35.0 Å². The van der Waals surface area contributed by atoms with E-state index in [0.29, 0.717) is 17.6 Å². The Labute approximate surface area is 162 Å². The van der Waals surface area contributed by atoms with Gasteiger partial charge in [0.2, 0.25) is 11.7 Å². The maximum atomic E-state index is 5.48. The largest absolute Gasteiger partial charge is 0.356 e. The molecule has 1 saturated heterocycles. The number of aromatic amines is 1. The van der Waals surface area contributed by atoms with Gasteiger partial charge in [0.05, 0.1) is 5.39 Å². The SMILES string of the molecule is Cc1cccc(-c2noc(CC3CCN(c4ncnc5[nH]ccc45)CC3)n2)n1. The number of pyridine rings is 1. The second kappa shape index (κ2) is 7.03. The van der Waals surface area contributed by atoms with Gasteiger partial charge in [0, 0.05) is 31.4 Å². The predicted molar refractivity (Wildman–Crippen MR) is 105 cm³/mol. The van der Waals surface area contributed by atoms with Crippen LogP contribution in [0.1, 0.15) is 24.4 Å². The molecule has 1 aliphatic heterocycles. The van der Waals surface area contributed by atoms with Crippen molar-refractivity contribution in [3.63, 3.8) is 0 Å². The van der Waals surface area contributed by atoms with Gasteiger partial charge in [0.15, 0.2) is 0 Å². The van der Waals surface area contributed by atoms with E-state index >= 15 is 0 Å². The molecular formula is C20H21N7O. The Morgan fingerprint density at radius 1 is 1.14 bits per heavy atom. The molecule has 0 saturated carbocycles. The Balaban J connectivity index is 1.24. The van der Waals surface area contributed by atoms with Crippen molar-refractivity contribution >= 4 is 16.9 Å². The van der Waals surface area contributed by atoms with Gasteiger partial charge in [-0.2, -0.15) is 4.98 Å². The molecule has 0 atom stereocenters. The molecule has 1 aliphatic rings. The van der Waals surface area contributed by atoms with Crippen LogP contribution in [0.25, 0.3) is 22.6 Å². The van der Waals surface area contributed by atoms with Crippen molar-refractivity contribution < 1.29 is 4.52 Å². The smallest absolute Gasteiger partial charge is 0.227 e. The minimum atomic E-state index is 0.526. The molecule has 0 aromatic carbocycles. The topological polar surface area (TPSA) is 96.6 Å². The quantitative estimate of drug-likeness (QED) is 0.585. The lowest BCUT2D eigenvalue weighted by atomic mass is 9.93. The summed E-state index contributed by atoms with van der Waals surface area (Å²) < 4.78 is 5.48. The number of H-pyrrole nitrogens is 1. The molecule has 0 unspecified atom stereocenters. The third-order valence-corrected chi connectivity index (χ3v) is 5.30. The third-order valence-electron chi connectivity index (χ3n) is 5.30. The second-order valence-electron chi connectivity index (χ2n) is 7.25. The molecule has 1 N–H and O–H groups in total. The molecule has 142 valence electrons. The first-order valence-electron chi connectivity index (χ1n) is 9.56. The molecule has 1 fully saturated rings. The standard InChI is InChI=1S/C20H21N7O/c1-13-3-2-4-16(24-13)19-25-17(28-26-19)11-14-6-9-27(10-7-14)20-15-5-8-21-18(15)22-12-23-20/h2-5,8,12,14H,6-7,9-11H2,1H3,(H,21,22,23). The average Bonchev–Trinajstić information content (AvgIpc) is 3.38. The van der Waals surface area contributed by atoms with Gasteiger partial charge in [0.25, 0.3) is 0 Å². The highest BCUT2D eigenvalue weighted by Crippen LogP contribution is 2.28. The van der Waals surface area contributed by atoms with Gasteiger partial charge in [-0.15, -0.1) is 0 Å². The van der Waals surface area contributed by atoms with Gasteiger partial charge in [-0.1, -0.05) is 11.2 Å². The fraction of sp³-hybridized carbons (Fsp3) is 0.350. The van der Waals surface area contributed by atoms with Gasteiger partial charge in [-0.25, -0.2) is 15.0 Å². The molecular weight excluding hydrogens is 354 g/mol. The predicted octanol–water partition coefficient (Wildman–Crippen LogP) is 3.17. The molecule has 5 rings (SSSR count). The zero-order chi connectivity index (χ0) is 18.9. The molecule has 5 heterocycles. The van der Waals surface area contributed by atoms with E-state index in [9.17, 15) is 0 Å². The number of hydrogen-bond donors (Lipinski definition) is 1. The average molecular weight is 375 g/mol. The van der Waals surface area contributed by atoms with Gasteiger partial charge >= 0.3 is 0 Å². The van der Waals surface area contributed by atoms with E-state index in [-0.39, 0.29) is 0 Å². The van der Waals surface area contributed by atoms with E-state index < -0.39 is 0 Å². The number of nitrogens with zero attached hydrogens (tertiary/aromatic N) is 6. The third kappa shape index (κ3) is 3.21. The summed E-state index contributed by atoms with van der Waals surface area (Å²) in [4.78, 5) is 23.3. The summed E-state index contributed by atoms with van der Waals surface area (Å²) in [6.45, 7) is 3.88. The highest BCUT2D eigenvalue weighted by Gasteiger charge is 2.24. The molecule has 4 aromatic rings. The number of anilines is 1. The van der Waals surface area contributed by atoms with Gasteiger partial charge in [-0.3, -0.25) is 0 Å². The van der Waals surface area contributed by atoms with Crippen molar-refractivity contribution in [3.8, 4) is 11.5 Å². The summed E-state index contributed by atoms with van der Waals surface area (Å²) in [5.41, 5.74) is 2.58. The normalized spacial score (nSPS) is 15.4. The highest BCUT2D eigenvalue weighted by atomic mass is 16.5. The van der Waals surface area contributed by atoms with Crippen LogP contribution in [0, 0.1) is 12.8 Å². The van der Waals surface area contributed by atoms with E-state index in [1.807, 2.05) is 37.4 Å². The molecule has 8 nitrogen and oxygen atoms in total. The van der Waals surface area contributed by atoms with Crippen LogP contribution >= 0.6 is 0 Å². The molecule has 0 spiro atoms. The molecule has 0 bridgehead atoms. The molecule has 28 heavy (non-hydrogen) atoms. The second-order valence-corrected chi connectivity index (χ2v) is 7.25. The summed E-state index contributed by atoms with van der Waals surface area (Å²) in [7, 11) is 0. The van der Waals surface area contributed by atoms with Crippen LogP contribution < -0.4 is 4.90 Å². The highest BCUT2D eigenvalue weighted by molar-refractivity contribution is 5.87. The fourth-order valence-corrected chi connectivity index (χ4v) is 3.82. The van der Waals surface area contributed by atoms with Crippen molar-refractivity contribution in [3.05, 3.63) is 48.4 Å². The van der Waals surface area contributed by atoms with Crippen LogP contribution in [-0.4, -0.2) is 43.2 Å². The summed E-state index contributed by atoms with van der Waals surface area (Å²) in [6.07, 6.45) is 6.47. The van der Waals surface area contributed by atoms with Crippen molar-refractivity contribution in [2.45, 2.75) is 26.2 Å². The Hall–Kier alpha value is -3.29. The van der Waals surface area contributed by atoms with Crippen molar-refractivity contribution in [2.75, 3.05) is 18.0 Å². The van der Waals surface area contributed by atoms with Crippen molar-refractivity contribution in [1.29, 1.82) is 0 Å². The molecule has 0 aliphatic carbocycles. The van der Waals surface area contributed by atoms with Gasteiger partial charge in [0.1, 0.15) is 23.5 Å². The Morgan fingerprint density at radius 3 is 2.89 bits per heavy atom. The van der Waals surface area contributed by atoms with Crippen LogP contribution in [0.15, 0.2) is 41.3 Å². The van der Waals surface area contributed by atoms with Crippen molar-refractivity contribution in [2.24, 2.45) is 5.92 Å². The van der Waals surface area contributed by atoms with Crippen LogP contribution in [0.4, 0.5) is 5.82 Å². The van der Waals surface area contributed by atoms with Crippen LogP contribution in [0.3, 0.4) is 0 Å². The number of piperidine rings is 1. The van der Waals surface area contributed by atoms with E-state index in [1.54, 1.807) is 6.33 Å². The van der Waals surface area contributed by atoms with Gasteiger partial charge < -0.3 is 14.4 Å². The number of nitrogens with one attached hydrogen (secondary N) is 1. The van der Waals surface area contributed by atoms with Crippen LogP contribution in [0.5, 0.6) is 0 Å². The van der Waals surface area contributed by atoms with E-state index in [4.69, 9.17) is 4.52 Å². The Bertz CT molecular complexity index is 1090. The molecule has 8 heteroatoms. The lowest BCUT2D eigenvalue weighted by Crippen LogP contribution is -2.35. The first-order valence-corrected chi connectivity index (χ1v) is 9.56. The number of hydrogen-bond acceptors (Lipinski definition) is 7. The monoisotopic (exact) mass is 375 g/mol. The summed E-state index contributed by atoms with van der Waals surface area (Å²) in [6, 6.07) is 7.86. The van der Waals surface area contributed by atoms with E-state index in [0.717, 1.165) is 60.6 Å². The lowest BCUT2D eigenvalue weighted by Gasteiger charge is -2.32. The summed E-state index contributed by atoms with van der Waals surface area (Å²) in [5.74, 6) is 2.78. The maximum absolute atomic E-state index is 5.48.